The van der Waals surface area contributed by atoms with Crippen LogP contribution in [0.15, 0.2) is 29.4 Å². The van der Waals surface area contributed by atoms with E-state index in [4.69, 9.17) is 0 Å². The minimum absolute atomic E-state index is 0.0625. The van der Waals surface area contributed by atoms with Gasteiger partial charge >= 0.3 is 6.18 Å². The summed E-state index contributed by atoms with van der Waals surface area (Å²) in [7, 11) is 0. The van der Waals surface area contributed by atoms with Crippen LogP contribution in [0.2, 0.25) is 0 Å². The second kappa shape index (κ2) is 7.98. The Morgan fingerprint density at radius 3 is 2.57 bits per heavy atom. The van der Waals surface area contributed by atoms with Gasteiger partial charge in [-0.2, -0.15) is 18.2 Å². The number of hydrogen-bond donors (Lipinski definition) is 1. The lowest BCUT2D eigenvalue weighted by Crippen LogP contribution is -2.32. The van der Waals surface area contributed by atoms with Crippen molar-refractivity contribution in [3.05, 3.63) is 51.0 Å². The van der Waals surface area contributed by atoms with E-state index < -0.39 is 29.0 Å². The lowest BCUT2D eigenvalue weighted by molar-refractivity contribution is -0.137. The molecule has 2 amide bonds. The third-order valence-corrected chi connectivity index (χ3v) is 6.13. The molecule has 1 saturated heterocycles. The van der Waals surface area contributed by atoms with E-state index in [0.717, 1.165) is 4.88 Å². The van der Waals surface area contributed by atoms with Gasteiger partial charge in [0.2, 0.25) is 5.91 Å². The highest BCUT2D eigenvalue weighted by molar-refractivity contribution is 7.09. The van der Waals surface area contributed by atoms with Crippen molar-refractivity contribution in [2.75, 3.05) is 0 Å². The van der Waals surface area contributed by atoms with Crippen molar-refractivity contribution >= 4 is 23.2 Å². The Kier molecular flexibility index (Phi) is 5.90. The number of nitrogens with one attached hydrogen (secondary N) is 1. The van der Waals surface area contributed by atoms with E-state index in [-0.39, 0.29) is 22.2 Å². The number of benzene rings is 1. The van der Waals surface area contributed by atoms with Crippen molar-refractivity contribution in [1.82, 2.24) is 9.88 Å². The highest BCUT2D eigenvalue weighted by Crippen LogP contribution is 2.30. The molecule has 0 saturated carbocycles. The zero-order chi connectivity index (χ0) is 22.3. The smallest absolute Gasteiger partial charge is 0.352 e. The van der Waals surface area contributed by atoms with E-state index in [9.17, 15) is 27.2 Å². The fourth-order valence-electron chi connectivity index (χ4n) is 3.01. The molecule has 1 aliphatic heterocycles. The molecule has 162 valence electrons. The molecule has 0 aliphatic carbocycles. The van der Waals surface area contributed by atoms with Gasteiger partial charge in [0.25, 0.3) is 5.91 Å². The number of thiazole rings is 1. The summed E-state index contributed by atoms with van der Waals surface area (Å²) in [6.07, 6.45) is -1.86. The van der Waals surface area contributed by atoms with Gasteiger partial charge in [0.1, 0.15) is 5.82 Å². The maximum absolute atomic E-state index is 14.1. The van der Waals surface area contributed by atoms with Crippen LogP contribution in [0.3, 0.4) is 0 Å². The van der Waals surface area contributed by atoms with Crippen LogP contribution in [0, 0.1) is 5.82 Å². The Morgan fingerprint density at radius 2 is 2.00 bits per heavy atom. The number of aromatic nitrogens is 1. The van der Waals surface area contributed by atoms with Gasteiger partial charge in [-0.1, -0.05) is 20.8 Å². The average molecular weight is 443 g/mol. The van der Waals surface area contributed by atoms with E-state index >= 15 is 0 Å². The van der Waals surface area contributed by atoms with Crippen LogP contribution in [-0.2, 0) is 22.9 Å². The van der Waals surface area contributed by atoms with Crippen molar-refractivity contribution < 1.29 is 27.2 Å². The summed E-state index contributed by atoms with van der Waals surface area (Å²) in [5.41, 5.74) is -2.12. The van der Waals surface area contributed by atoms with Gasteiger partial charge in [0.15, 0.2) is 4.80 Å². The second-order valence-electron chi connectivity index (χ2n) is 8.19. The van der Waals surface area contributed by atoms with Gasteiger partial charge in [-0.15, -0.1) is 11.3 Å². The van der Waals surface area contributed by atoms with Crippen molar-refractivity contribution in [1.29, 1.82) is 0 Å². The molecular weight excluding hydrogens is 422 g/mol. The third-order valence-electron chi connectivity index (χ3n) is 4.68. The number of alkyl halides is 3. The Balaban J connectivity index is 2.02. The van der Waals surface area contributed by atoms with Crippen LogP contribution in [0.1, 0.15) is 54.4 Å². The predicted octanol–water partition coefficient (Wildman–Crippen LogP) is 4.02. The van der Waals surface area contributed by atoms with Gasteiger partial charge in [-0.25, -0.2) is 4.39 Å². The molecule has 3 rings (SSSR count). The van der Waals surface area contributed by atoms with Gasteiger partial charge in [0.05, 0.1) is 11.1 Å². The minimum atomic E-state index is -4.70. The molecule has 1 N–H and O–H groups in total. The largest absolute Gasteiger partial charge is 0.416 e. The molecule has 0 radical (unpaired) electrons. The van der Waals surface area contributed by atoms with E-state index in [1.165, 1.54) is 11.3 Å². The molecule has 1 aromatic heterocycles. The van der Waals surface area contributed by atoms with E-state index in [2.05, 4.69) is 10.3 Å². The summed E-state index contributed by atoms with van der Waals surface area (Å²) in [6, 6.07) is 1.53. The molecule has 10 heteroatoms. The number of amides is 2. The van der Waals surface area contributed by atoms with Gasteiger partial charge in [-0.3, -0.25) is 9.59 Å². The molecule has 1 aliphatic rings. The van der Waals surface area contributed by atoms with Crippen molar-refractivity contribution in [2.24, 2.45) is 4.99 Å². The fourth-order valence-corrected chi connectivity index (χ4v) is 4.06. The topological polar surface area (TPSA) is 63.5 Å². The number of carbonyl (C=O) groups excluding carboxylic acids is 2. The SMILES string of the molecule is CC(C)(C)c1cn(C[C@@H]2CCC(=O)N2)/c(=N/C(=O)c2cc(C(F)(F)F)ccc2F)s1. The normalized spacial score (nSPS) is 18.0. The summed E-state index contributed by atoms with van der Waals surface area (Å²) in [5, 5.41) is 2.83. The quantitative estimate of drug-likeness (QED) is 0.729. The molecule has 2 aromatic rings. The number of rotatable bonds is 3. The average Bonchev–Trinajstić information content (AvgIpc) is 3.20. The van der Waals surface area contributed by atoms with Crippen LogP contribution < -0.4 is 10.1 Å². The van der Waals surface area contributed by atoms with Crippen LogP contribution in [0.25, 0.3) is 0 Å². The maximum atomic E-state index is 14.1. The molecule has 5 nitrogen and oxygen atoms in total. The lowest BCUT2D eigenvalue weighted by Gasteiger charge is -2.15. The Labute approximate surface area is 174 Å². The number of carbonyl (C=O) groups is 2. The molecule has 1 aromatic carbocycles. The molecule has 30 heavy (non-hydrogen) atoms. The number of hydrogen-bond acceptors (Lipinski definition) is 3. The summed E-state index contributed by atoms with van der Waals surface area (Å²) in [5.74, 6) is -2.23. The Hall–Kier alpha value is -2.49. The van der Waals surface area contributed by atoms with Crippen molar-refractivity contribution in [2.45, 2.75) is 57.8 Å². The monoisotopic (exact) mass is 443 g/mol. The minimum Gasteiger partial charge on any atom is -0.352 e. The zero-order valence-electron chi connectivity index (χ0n) is 16.6. The van der Waals surface area contributed by atoms with Crippen LogP contribution in [0.5, 0.6) is 0 Å². The first kappa shape index (κ1) is 22.2. The summed E-state index contributed by atoms with van der Waals surface area (Å²) in [6.45, 7) is 6.27. The summed E-state index contributed by atoms with van der Waals surface area (Å²) in [4.78, 5) is 29.1. The first-order chi connectivity index (χ1) is 13.8. The number of halogens is 4. The summed E-state index contributed by atoms with van der Waals surface area (Å²) < 4.78 is 54.6. The molecule has 0 spiro atoms. The Bertz CT molecular complexity index is 1050. The number of nitrogens with zero attached hydrogens (tertiary/aromatic N) is 2. The van der Waals surface area contributed by atoms with E-state index in [1.54, 1.807) is 4.57 Å². The summed E-state index contributed by atoms with van der Waals surface area (Å²) >= 11 is 1.21. The first-order valence-corrected chi connectivity index (χ1v) is 10.1. The van der Waals surface area contributed by atoms with Crippen LogP contribution in [-0.4, -0.2) is 22.4 Å². The predicted molar refractivity (Wildman–Crippen MR) is 103 cm³/mol. The fraction of sp³-hybridized carbons (Fsp3) is 0.450. The van der Waals surface area contributed by atoms with Gasteiger partial charge in [0, 0.05) is 30.1 Å². The van der Waals surface area contributed by atoms with E-state index in [0.29, 0.717) is 37.6 Å². The van der Waals surface area contributed by atoms with Crippen LogP contribution in [0.4, 0.5) is 17.6 Å². The molecule has 0 bridgehead atoms. The lowest BCUT2D eigenvalue weighted by atomic mass is 9.95. The molecule has 1 fully saturated rings. The standard InChI is InChI=1S/C20H21F4N3O2S/c1-19(2,3)15-10-27(9-12-5-7-16(28)25-12)18(30-15)26-17(29)13-8-11(20(22,23)24)4-6-14(13)21/h4,6,8,10,12H,5,7,9H2,1-3H3,(H,25,28)/b26-18-/t12-/m0/s1. The van der Waals surface area contributed by atoms with Gasteiger partial charge in [-0.05, 0) is 30.0 Å². The maximum Gasteiger partial charge on any atom is 0.416 e. The van der Waals surface area contributed by atoms with Crippen molar-refractivity contribution in [3.8, 4) is 0 Å². The van der Waals surface area contributed by atoms with E-state index in [1.807, 2.05) is 27.0 Å². The van der Waals surface area contributed by atoms with Crippen LogP contribution >= 0.6 is 11.3 Å². The Morgan fingerprint density at radius 1 is 1.30 bits per heavy atom. The molecular formula is C20H21F4N3O2S. The second-order valence-corrected chi connectivity index (χ2v) is 9.20. The van der Waals surface area contributed by atoms with Gasteiger partial charge < -0.3 is 9.88 Å². The highest BCUT2D eigenvalue weighted by Gasteiger charge is 2.32. The first-order valence-electron chi connectivity index (χ1n) is 9.30. The zero-order valence-corrected chi connectivity index (χ0v) is 17.5. The van der Waals surface area contributed by atoms with Crippen molar-refractivity contribution in [3.63, 3.8) is 0 Å². The molecule has 2 heterocycles. The molecule has 1 atom stereocenters. The third kappa shape index (κ3) is 4.97. The molecule has 0 unspecified atom stereocenters. The highest BCUT2D eigenvalue weighted by atomic mass is 32.1.